The third kappa shape index (κ3) is 6.48. The van der Waals surface area contributed by atoms with Crippen molar-refractivity contribution in [1.82, 2.24) is 9.97 Å². The lowest BCUT2D eigenvalue weighted by atomic mass is 9.86. The summed E-state index contributed by atoms with van der Waals surface area (Å²) in [5.41, 5.74) is 5.49. The molecule has 5 aromatic rings. The van der Waals surface area contributed by atoms with Crippen molar-refractivity contribution in [3.05, 3.63) is 89.1 Å². The number of ketones is 1. The summed E-state index contributed by atoms with van der Waals surface area (Å²) in [4.78, 5) is 22.8. The highest BCUT2D eigenvalue weighted by atomic mass is 19.4. The second-order valence-electron chi connectivity index (χ2n) is 12.3. The van der Waals surface area contributed by atoms with E-state index in [1.807, 2.05) is 58.0 Å². The lowest BCUT2D eigenvalue weighted by Gasteiger charge is -2.30. The fourth-order valence-corrected chi connectivity index (χ4v) is 5.90. The fraction of sp³-hybridized carbons (Fsp3) is 0.306. The van der Waals surface area contributed by atoms with Crippen LogP contribution in [-0.2, 0) is 22.6 Å². The summed E-state index contributed by atoms with van der Waals surface area (Å²) < 4.78 is 60.5. The van der Waals surface area contributed by atoms with E-state index in [0.29, 0.717) is 17.7 Å². The first-order valence-corrected chi connectivity index (χ1v) is 14.9. The summed E-state index contributed by atoms with van der Waals surface area (Å²) in [6.07, 6.45) is -3.10. The Balaban J connectivity index is 1.49. The molecule has 0 aliphatic carbocycles. The predicted octanol–water partition coefficient (Wildman–Crippen LogP) is 8.62. The largest absolute Gasteiger partial charge is 0.573 e. The quantitative estimate of drug-likeness (QED) is 0.170. The standard InChI is InChI=1S/C36H33F3N2O5/c1-20-17-27-25(10-12-29(41-27)44-19-22-7-6-8-24(18-22)45-36(37,38)39)32(30(20)34(21(2)42)46-35(3,4)5)26-9-11-28-31-23(14-16-43-28)13-15-40-33(26)31/h6-13,15,17-18,34H,14,16,19H2,1-5H3/t34-/m1/s1. The normalized spacial score (nSPS) is 13.8. The minimum absolute atomic E-state index is 0.0257. The lowest BCUT2D eigenvalue weighted by Crippen LogP contribution is -2.27. The van der Waals surface area contributed by atoms with Crippen LogP contribution in [0, 0.1) is 6.92 Å². The third-order valence-corrected chi connectivity index (χ3v) is 7.68. The van der Waals surface area contributed by atoms with Gasteiger partial charge in [0.25, 0.3) is 0 Å². The molecule has 0 spiro atoms. The molecule has 0 amide bonds. The number of fused-ring (bicyclic) bond motifs is 1. The summed E-state index contributed by atoms with van der Waals surface area (Å²) in [6.45, 7) is 9.74. The van der Waals surface area contributed by atoms with Gasteiger partial charge in [-0.25, -0.2) is 4.98 Å². The molecule has 46 heavy (non-hydrogen) atoms. The van der Waals surface area contributed by atoms with Crippen LogP contribution in [0.25, 0.3) is 32.9 Å². The third-order valence-electron chi connectivity index (χ3n) is 7.68. The van der Waals surface area contributed by atoms with Gasteiger partial charge in [-0.05, 0) is 105 Å². The molecule has 0 fully saturated rings. The Morgan fingerprint density at radius 3 is 2.59 bits per heavy atom. The molecule has 6 rings (SSSR count). The summed E-state index contributed by atoms with van der Waals surface area (Å²) in [6, 6.07) is 17.0. The Morgan fingerprint density at radius 1 is 1.04 bits per heavy atom. The van der Waals surface area contributed by atoms with Crippen molar-refractivity contribution < 1.29 is 36.9 Å². The van der Waals surface area contributed by atoms with E-state index >= 15 is 0 Å². The number of aryl methyl sites for hydroxylation is 1. The van der Waals surface area contributed by atoms with Crippen LogP contribution in [0.5, 0.6) is 17.4 Å². The molecule has 3 heterocycles. The van der Waals surface area contributed by atoms with Crippen LogP contribution < -0.4 is 14.2 Å². The fourth-order valence-electron chi connectivity index (χ4n) is 5.90. The van der Waals surface area contributed by atoms with Crippen LogP contribution in [0.15, 0.2) is 66.9 Å². The molecular formula is C36H33F3N2O5. The molecule has 238 valence electrons. The van der Waals surface area contributed by atoms with Gasteiger partial charge in [-0.15, -0.1) is 13.2 Å². The zero-order chi connectivity index (χ0) is 32.8. The van der Waals surface area contributed by atoms with Gasteiger partial charge in [-0.3, -0.25) is 9.78 Å². The van der Waals surface area contributed by atoms with E-state index in [2.05, 4.69) is 4.74 Å². The van der Waals surface area contributed by atoms with Gasteiger partial charge in [-0.1, -0.05) is 12.1 Å². The zero-order valence-electron chi connectivity index (χ0n) is 26.1. The van der Waals surface area contributed by atoms with Gasteiger partial charge in [0, 0.05) is 35.0 Å². The van der Waals surface area contributed by atoms with Gasteiger partial charge in [0.2, 0.25) is 5.88 Å². The van der Waals surface area contributed by atoms with Crippen molar-refractivity contribution >= 4 is 27.6 Å². The first kappa shape index (κ1) is 31.3. The van der Waals surface area contributed by atoms with Crippen LogP contribution >= 0.6 is 0 Å². The van der Waals surface area contributed by atoms with Crippen LogP contribution in [0.1, 0.15) is 56.1 Å². The SMILES string of the molecule is CC(=O)[C@@H](OC(C)(C)C)c1c(C)cc2nc(OCc3cccc(OC(F)(F)F)c3)ccc2c1-c1ccc2c3c(ccnc13)CCO2. The number of benzene rings is 3. The van der Waals surface area contributed by atoms with Crippen molar-refractivity contribution in [2.24, 2.45) is 0 Å². The van der Waals surface area contributed by atoms with E-state index in [1.165, 1.54) is 25.1 Å². The molecule has 0 saturated heterocycles. The smallest absolute Gasteiger partial charge is 0.493 e. The Hall–Kier alpha value is -4.70. The topological polar surface area (TPSA) is 79.8 Å². The predicted molar refractivity (Wildman–Crippen MR) is 168 cm³/mol. The first-order chi connectivity index (χ1) is 21.8. The molecular weight excluding hydrogens is 597 g/mol. The summed E-state index contributed by atoms with van der Waals surface area (Å²) in [5, 5.41) is 1.70. The van der Waals surface area contributed by atoms with Gasteiger partial charge >= 0.3 is 6.36 Å². The highest BCUT2D eigenvalue weighted by Gasteiger charge is 2.32. The molecule has 3 aromatic carbocycles. The van der Waals surface area contributed by atoms with Crippen LogP contribution in [0.2, 0.25) is 0 Å². The minimum atomic E-state index is -4.79. The number of Topliss-reactive ketones (excluding diaryl/α,β-unsaturated/α-hetero) is 1. The number of halogens is 3. The maximum atomic E-state index is 13.2. The molecule has 1 atom stereocenters. The molecule has 0 bridgehead atoms. The maximum absolute atomic E-state index is 13.2. The minimum Gasteiger partial charge on any atom is -0.493 e. The molecule has 2 aromatic heterocycles. The van der Waals surface area contributed by atoms with Crippen LogP contribution in [0.4, 0.5) is 13.2 Å². The molecule has 7 nitrogen and oxygen atoms in total. The maximum Gasteiger partial charge on any atom is 0.573 e. The van der Waals surface area contributed by atoms with E-state index in [0.717, 1.165) is 56.3 Å². The van der Waals surface area contributed by atoms with E-state index in [4.69, 9.17) is 24.2 Å². The second-order valence-corrected chi connectivity index (χ2v) is 12.3. The molecule has 1 aliphatic heterocycles. The van der Waals surface area contributed by atoms with Crippen LogP contribution in [0.3, 0.4) is 0 Å². The average molecular weight is 631 g/mol. The van der Waals surface area contributed by atoms with Gasteiger partial charge in [-0.2, -0.15) is 0 Å². The number of nitrogens with zero attached hydrogens (tertiary/aromatic N) is 2. The van der Waals surface area contributed by atoms with Gasteiger partial charge in [0.15, 0.2) is 5.78 Å². The van der Waals surface area contributed by atoms with E-state index in [-0.39, 0.29) is 24.0 Å². The zero-order valence-corrected chi connectivity index (χ0v) is 26.1. The van der Waals surface area contributed by atoms with Crippen molar-refractivity contribution in [2.45, 2.75) is 65.7 Å². The Kier molecular flexibility index (Phi) is 8.10. The van der Waals surface area contributed by atoms with Crippen molar-refractivity contribution in [3.8, 4) is 28.5 Å². The molecule has 1 aliphatic rings. The molecule has 0 saturated carbocycles. The van der Waals surface area contributed by atoms with Crippen LogP contribution in [-0.4, -0.2) is 34.3 Å². The summed E-state index contributed by atoms with van der Waals surface area (Å²) in [5.74, 6) is 0.581. The lowest BCUT2D eigenvalue weighted by molar-refractivity contribution is -0.274. The molecule has 10 heteroatoms. The van der Waals surface area contributed by atoms with Crippen molar-refractivity contribution in [1.29, 1.82) is 0 Å². The van der Waals surface area contributed by atoms with Gasteiger partial charge < -0.3 is 18.9 Å². The van der Waals surface area contributed by atoms with Crippen molar-refractivity contribution in [2.75, 3.05) is 6.61 Å². The Morgan fingerprint density at radius 2 is 1.85 bits per heavy atom. The number of hydrogen-bond acceptors (Lipinski definition) is 7. The highest BCUT2D eigenvalue weighted by Crippen LogP contribution is 2.45. The van der Waals surface area contributed by atoms with E-state index in [1.54, 1.807) is 18.3 Å². The monoisotopic (exact) mass is 630 g/mol. The number of carbonyl (C=O) groups is 1. The number of alkyl halides is 3. The Labute approximate surface area is 264 Å². The van der Waals surface area contributed by atoms with Gasteiger partial charge in [0.05, 0.1) is 23.2 Å². The van der Waals surface area contributed by atoms with E-state index < -0.39 is 18.1 Å². The average Bonchev–Trinajstić information content (AvgIpc) is 2.98. The van der Waals surface area contributed by atoms with Gasteiger partial charge in [0.1, 0.15) is 24.2 Å². The first-order valence-electron chi connectivity index (χ1n) is 14.9. The number of aromatic nitrogens is 2. The molecule has 0 N–H and O–H groups in total. The number of ether oxygens (including phenoxy) is 4. The Bertz CT molecular complexity index is 1960. The second kappa shape index (κ2) is 11.9. The number of rotatable bonds is 8. The number of hydrogen-bond donors (Lipinski definition) is 0. The van der Waals surface area contributed by atoms with E-state index in [9.17, 15) is 18.0 Å². The van der Waals surface area contributed by atoms with Crippen molar-refractivity contribution in [3.63, 3.8) is 0 Å². The highest BCUT2D eigenvalue weighted by molar-refractivity contribution is 6.08. The molecule has 0 unspecified atom stereocenters. The number of carbonyl (C=O) groups excluding carboxylic acids is 1. The molecule has 0 radical (unpaired) electrons. The summed E-state index contributed by atoms with van der Waals surface area (Å²) >= 11 is 0. The number of pyridine rings is 2. The summed E-state index contributed by atoms with van der Waals surface area (Å²) in [7, 11) is 0.